The molecule has 0 saturated carbocycles. The van der Waals surface area contributed by atoms with Gasteiger partial charge in [-0.05, 0) is 37.5 Å². The molecule has 3 N–H and O–H groups in total. The van der Waals surface area contributed by atoms with Crippen molar-refractivity contribution in [3.8, 4) is 5.75 Å². The molecule has 0 spiro atoms. The van der Waals surface area contributed by atoms with E-state index in [2.05, 4.69) is 10.1 Å². The fourth-order valence-electron chi connectivity index (χ4n) is 2.69. The molecule has 1 fully saturated rings. The molecule has 1 aliphatic heterocycles. The van der Waals surface area contributed by atoms with Gasteiger partial charge < -0.3 is 20.7 Å². The second kappa shape index (κ2) is 7.62. The highest BCUT2D eigenvalue weighted by atomic mass is 19.4. The number of urea groups is 1. The third-order valence-corrected chi connectivity index (χ3v) is 4.14. The lowest BCUT2D eigenvalue weighted by Gasteiger charge is -2.31. The molecule has 0 unspecified atom stereocenters. The first-order valence-electron chi connectivity index (χ1n) is 7.86. The van der Waals surface area contributed by atoms with E-state index in [1.165, 1.54) is 24.3 Å². The summed E-state index contributed by atoms with van der Waals surface area (Å²) in [6.07, 6.45) is -3.68. The minimum atomic E-state index is -4.74. The third-order valence-electron chi connectivity index (χ3n) is 4.14. The number of nitrogens with two attached hydrogens (primary N) is 1. The molecule has 9 heteroatoms. The molecular formula is C16H20F3N3O3. The fourth-order valence-corrected chi connectivity index (χ4v) is 2.69. The number of rotatable bonds is 4. The number of hydrogen-bond acceptors (Lipinski definition) is 3. The monoisotopic (exact) mass is 359 g/mol. The second-order valence-corrected chi connectivity index (χ2v) is 5.95. The zero-order chi connectivity index (χ0) is 18.6. The Kier molecular flexibility index (Phi) is 5.76. The molecule has 0 bridgehead atoms. The number of ether oxygens (including phenoxy) is 1. The van der Waals surface area contributed by atoms with Crippen molar-refractivity contribution in [2.45, 2.75) is 32.2 Å². The van der Waals surface area contributed by atoms with Crippen molar-refractivity contribution in [1.82, 2.24) is 10.2 Å². The van der Waals surface area contributed by atoms with Crippen LogP contribution in [0.3, 0.4) is 0 Å². The Hall–Kier alpha value is -2.45. The molecule has 1 aromatic rings. The zero-order valence-electron chi connectivity index (χ0n) is 13.7. The number of carbonyl (C=O) groups excluding carboxylic acids is 2. The van der Waals surface area contributed by atoms with Gasteiger partial charge in [0.1, 0.15) is 5.75 Å². The van der Waals surface area contributed by atoms with E-state index in [1.807, 2.05) is 0 Å². The van der Waals surface area contributed by atoms with E-state index in [0.29, 0.717) is 31.5 Å². The highest BCUT2D eigenvalue weighted by molar-refractivity contribution is 5.78. The third kappa shape index (κ3) is 5.54. The molecule has 0 radical (unpaired) electrons. The largest absolute Gasteiger partial charge is 0.573 e. The lowest BCUT2D eigenvalue weighted by molar-refractivity contribution is -0.274. The molecule has 25 heavy (non-hydrogen) atoms. The van der Waals surface area contributed by atoms with Gasteiger partial charge >= 0.3 is 12.4 Å². The van der Waals surface area contributed by atoms with E-state index in [0.717, 1.165) is 0 Å². The summed E-state index contributed by atoms with van der Waals surface area (Å²) in [4.78, 5) is 25.0. The Morgan fingerprint density at radius 1 is 1.24 bits per heavy atom. The molecule has 1 heterocycles. The second-order valence-electron chi connectivity index (χ2n) is 5.95. The Balaban J connectivity index is 1.88. The van der Waals surface area contributed by atoms with Gasteiger partial charge in [-0.1, -0.05) is 12.1 Å². The summed E-state index contributed by atoms with van der Waals surface area (Å²) in [5.74, 6) is -0.874. The van der Waals surface area contributed by atoms with Gasteiger partial charge in [0.2, 0.25) is 5.91 Å². The lowest BCUT2D eigenvalue weighted by Crippen LogP contribution is -2.46. The first-order valence-corrected chi connectivity index (χ1v) is 7.86. The van der Waals surface area contributed by atoms with Gasteiger partial charge in [-0.3, -0.25) is 4.79 Å². The van der Waals surface area contributed by atoms with E-state index >= 15 is 0 Å². The maximum atomic E-state index is 12.2. The molecule has 2 rings (SSSR count). The number of hydrogen-bond donors (Lipinski definition) is 2. The van der Waals surface area contributed by atoms with Gasteiger partial charge in [0.15, 0.2) is 0 Å². The van der Waals surface area contributed by atoms with Crippen LogP contribution in [0.15, 0.2) is 24.3 Å². The van der Waals surface area contributed by atoms with Gasteiger partial charge in [-0.15, -0.1) is 13.2 Å². The molecule has 3 amide bonds. The number of benzene rings is 1. The van der Waals surface area contributed by atoms with E-state index < -0.39 is 6.36 Å². The van der Waals surface area contributed by atoms with Crippen LogP contribution in [-0.2, 0) is 4.79 Å². The topological polar surface area (TPSA) is 84.7 Å². The standard InChI is InChI=1S/C16H20F3N3O3/c1-10(11-2-4-13(5-3-11)25-16(17,18)19)21-15(24)22-8-6-12(7-9-22)14(20)23/h2-5,10,12H,6-9H2,1H3,(H2,20,23)(H,21,24)/t10-/m0/s1. The average Bonchev–Trinajstić information content (AvgIpc) is 2.54. The quantitative estimate of drug-likeness (QED) is 0.866. The number of primary amides is 1. The molecule has 1 saturated heterocycles. The Labute approximate surface area is 143 Å². The number of nitrogens with zero attached hydrogens (tertiary/aromatic N) is 1. The predicted octanol–water partition coefficient (Wildman–Crippen LogP) is 2.55. The van der Waals surface area contributed by atoms with Gasteiger partial charge in [-0.25, -0.2) is 4.79 Å². The summed E-state index contributed by atoms with van der Waals surface area (Å²) in [6, 6.07) is 4.65. The first-order chi connectivity index (χ1) is 11.7. The first kappa shape index (κ1) is 18.9. The minimum absolute atomic E-state index is 0.206. The maximum Gasteiger partial charge on any atom is 0.573 e. The lowest BCUT2D eigenvalue weighted by atomic mass is 9.96. The average molecular weight is 359 g/mol. The molecule has 1 aromatic carbocycles. The number of halogens is 3. The normalized spacial score (nSPS) is 17.0. The number of piperidine rings is 1. The maximum absolute atomic E-state index is 12.2. The van der Waals surface area contributed by atoms with Crippen LogP contribution in [0, 0.1) is 5.92 Å². The summed E-state index contributed by atoms with van der Waals surface area (Å²) in [5.41, 5.74) is 5.91. The number of carbonyl (C=O) groups is 2. The van der Waals surface area contributed by atoms with E-state index in [9.17, 15) is 22.8 Å². The van der Waals surface area contributed by atoms with Crippen LogP contribution < -0.4 is 15.8 Å². The van der Waals surface area contributed by atoms with Crippen molar-refractivity contribution in [3.05, 3.63) is 29.8 Å². The van der Waals surface area contributed by atoms with Crippen LogP contribution in [0.2, 0.25) is 0 Å². The van der Waals surface area contributed by atoms with Gasteiger partial charge in [0, 0.05) is 19.0 Å². The summed E-state index contributed by atoms with van der Waals surface area (Å²) in [7, 11) is 0. The molecule has 1 aliphatic rings. The fraction of sp³-hybridized carbons (Fsp3) is 0.500. The molecule has 6 nitrogen and oxygen atoms in total. The van der Waals surface area contributed by atoms with Crippen molar-refractivity contribution < 1.29 is 27.5 Å². The molecular weight excluding hydrogens is 339 g/mol. The number of alkyl halides is 3. The zero-order valence-corrected chi connectivity index (χ0v) is 13.7. The summed E-state index contributed by atoms with van der Waals surface area (Å²) in [5, 5.41) is 2.79. The van der Waals surface area contributed by atoms with Gasteiger partial charge in [0.25, 0.3) is 0 Å². The van der Waals surface area contributed by atoms with Crippen molar-refractivity contribution in [3.63, 3.8) is 0 Å². The van der Waals surface area contributed by atoms with Crippen LogP contribution in [0.25, 0.3) is 0 Å². The van der Waals surface area contributed by atoms with Crippen molar-refractivity contribution in [2.75, 3.05) is 13.1 Å². The van der Waals surface area contributed by atoms with E-state index in [1.54, 1.807) is 11.8 Å². The molecule has 0 aliphatic carbocycles. The van der Waals surface area contributed by atoms with Crippen molar-refractivity contribution in [1.29, 1.82) is 0 Å². The smallest absolute Gasteiger partial charge is 0.406 e. The van der Waals surface area contributed by atoms with E-state index in [4.69, 9.17) is 5.73 Å². The summed E-state index contributed by atoms with van der Waals surface area (Å²) in [6.45, 7) is 2.60. The predicted molar refractivity (Wildman–Crippen MR) is 83.6 cm³/mol. The van der Waals surface area contributed by atoms with Gasteiger partial charge in [0.05, 0.1) is 6.04 Å². The number of amides is 3. The summed E-state index contributed by atoms with van der Waals surface area (Å²) < 4.78 is 40.2. The summed E-state index contributed by atoms with van der Waals surface area (Å²) >= 11 is 0. The minimum Gasteiger partial charge on any atom is -0.406 e. The SMILES string of the molecule is C[C@H](NC(=O)N1CCC(C(N)=O)CC1)c1ccc(OC(F)(F)F)cc1. The van der Waals surface area contributed by atoms with Gasteiger partial charge in [-0.2, -0.15) is 0 Å². The van der Waals surface area contributed by atoms with Crippen LogP contribution in [-0.4, -0.2) is 36.3 Å². The molecule has 1 atom stereocenters. The molecule has 138 valence electrons. The highest BCUT2D eigenvalue weighted by Gasteiger charge is 2.31. The van der Waals surface area contributed by atoms with Crippen LogP contribution in [0.4, 0.5) is 18.0 Å². The van der Waals surface area contributed by atoms with Crippen LogP contribution in [0.5, 0.6) is 5.75 Å². The van der Waals surface area contributed by atoms with Crippen LogP contribution in [0.1, 0.15) is 31.4 Å². The Morgan fingerprint density at radius 3 is 2.28 bits per heavy atom. The highest BCUT2D eigenvalue weighted by Crippen LogP contribution is 2.24. The Bertz CT molecular complexity index is 611. The number of likely N-dealkylation sites (tertiary alicyclic amines) is 1. The van der Waals surface area contributed by atoms with E-state index in [-0.39, 0.29) is 29.6 Å². The van der Waals surface area contributed by atoms with Crippen LogP contribution >= 0.6 is 0 Å². The Morgan fingerprint density at radius 2 is 1.80 bits per heavy atom. The van der Waals surface area contributed by atoms with Crippen molar-refractivity contribution in [2.24, 2.45) is 11.7 Å². The number of nitrogens with one attached hydrogen (secondary N) is 1. The molecule has 0 aromatic heterocycles. The van der Waals surface area contributed by atoms with Crippen molar-refractivity contribution >= 4 is 11.9 Å².